The second-order valence-electron chi connectivity index (χ2n) is 7.63. The quantitative estimate of drug-likeness (QED) is 0.833. The molecular weight excluding hydrogens is 302 g/mol. The Morgan fingerprint density at radius 1 is 1.12 bits per heavy atom. The van der Waals surface area contributed by atoms with E-state index in [1.807, 2.05) is 6.07 Å². The number of hydrogen-bond donors (Lipinski definition) is 1. The lowest BCUT2D eigenvalue weighted by Gasteiger charge is -2.16. The van der Waals surface area contributed by atoms with Crippen molar-refractivity contribution >= 4 is 0 Å². The molecule has 0 aromatic carbocycles. The smallest absolute Gasteiger partial charge is 0.140 e. The van der Waals surface area contributed by atoms with Crippen LogP contribution in [0.4, 0.5) is 0 Å². The molecule has 1 aliphatic rings. The summed E-state index contributed by atoms with van der Waals surface area (Å²) in [5.41, 5.74) is 2.08. The average Bonchev–Trinajstić information content (AvgIpc) is 3.28. The zero-order valence-corrected chi connectivity index (χ0v) is 15.2. The highest BCUT2D eigenvalue weighted by atomic mass is 16.5. The SMILES string of the molecule is CC(C)c1cc(CC(C)c2cc(CC(C)C3CCNC3)no2)on1. The molecule has 1 fully saturated rings. The van der Waals surface area contributed by atoms with Gasteiger partial charge in [0, 0.05) is 24.5 Å². The van der Waals surface area contributed by atoms with E-state index in [2.05, 4.69) is 49.4 Å². The van der Waals surface area contributed by atoms with Crippen molar-refractivity contribution in [2.75, 3.05) is 13.1 Å². The fraction of sp³-hybridized carbons (Fsp3) is 0.684. The Kier molecular flexibility index (Phi) is 5.39. The van der Waals surface area contributed by atoms with Gasteiger partial charge < -0.3 is 14.4 Å². The summed E-state index contributed by atoms with van der Waals surface area (Å²) in [5.74, 6) is 3.87. The first kappa shape index (κ1) is 17.2. The fourth-order valence-electron chi connectivity index (χ4n) is 3.42. The third-order valence-electron chi connectivity index (χ3n) is 5.17. The lowest BCUT2D eigenvalue weighted by Crippen LogP contribution is -2.17. The van der Waals surface area contributed by atoms with Crippen molar-refractivity contribution in [1.29, 1.82) is 0 Å². The topological polar surface area (TPSA) is 64.1 Å². The number of nitrogens with one attached hydrogen (secondary N) is 1. The Labute approximate surface area is 144 Å². The van der Waals surface area contributed by atoms with E-state index >= 15 is 0 Å². The second kappa shape index (κ2) is 7.51. The van der Waals surface area contributed by atoms with E-state index in [0.717, 1.165) is 54.8 Å². The van der Waals surface area contributed by atoms with Gasteiger partial charge in [-0.25, -0.2) is 0 Å². The summed E-state index contributed by atoms with van der Waals surface area (Å²) in [5, 5.41) is 11.8. The maximum atomic E-state index is 5.59. The molecule has 132 valence electrons. The van der Waals surface area contributed by atoms with Crippen molar-refractivity contribution in [2.45, 2.75) is 58.8 Å². The van der Waals surface area contributed by atoms with Crippen molar-refractivity contribution in [2.24, 2.45) is 11.8 Å². The molecule has 0 aliphatic carbocycles. The van der Waals surface area contributed by atoms with Gasteiger partial charge in [-0.15, -0.1) is 0 Å². The number of rotatable bonds is 7. The van der Waals surface area contributed by atoms with Crippen LogP contribution in [-0.2, 0) is 12.8 Å². The molecule has 1 N–H and O–H groups in total. The van der Waals surface area contributed by atoms with Gasteiger partial charge >= 0.3 is 0 Å². The molecule has 0 spiro atoms. The molecule has 0 radical (unpaired) electrons. The zero-order valence-electron chi connectivity index (χ0n) is 15.2. The number of aromatic nitrogens is 2. The third kappa shape index (κ3) is 4.07. The van der Waals surface area contributed by atoms with Crippen LogP contribution in [0.15, 0.2) is 21.2 Å². The lowest BCUT2D eigenvalue weighted by atomic mass is 9.89. The first-order chi connectivity index (χ1) is 11.5. The monoisotopic (exact) mass is 331 g/mol. The molecule has 0 saturated carbocycles. The van der Waals surface area contributed by atoms with E-state index in [4.69, 9.17) is 9.05 Å². The van der Waals surface area contributed by atoms with Crippen LogP contribution in [0.5, 0.6) is 0 Å². The molecule has 1 saturated heterocycles. The van der Waals surface area contributed by atoms with Gasteiger partial charge in [0.25, 0.3) is 0 Å². The van der Waals surface area contributed by atoms with Gasteiger partial charge in [0.2, 0.25) is 0 Å². The predicted octanol–water partition coefficient (Wildman–Crippen LogP) is 3.92. The number of hydrogen-bond acceptors (Lipinski definition) is 5. The van der Waals surface area contributed by atoms with E-state index in [0.29, 0.717) is 11.8 Å². The highest BCUT2D eigenvalue weighted by Crippen LogP contribution is 2.26. The van der Waals surface area contributed by atoms with Gasteiger partial charge in [0.05, 0.1) is 11.4 Å². The minimum Gasteiger partial charge on any atom is -0.361 e. The fourth-order valence-corrected chi connectivity index (χ4v) is 3.42. The van der Waals surface area contributed by atoms with Gasteiger partial charge in [-0.2, -0.15) is 0 Å². The second-order valence-corrected chi connectivity index (χ2v) is 7.63. The van der Waals surface area contributed by atoms with Crippen LogP contribution < -0.4 is 5.32 Å². The summed E-state index contributed by atoms with van der Waals surface area (Å²) in [6.07, 6.45) is 3.05. The summed E-state index contributed by atoms with van der Waals surface area (Å²) < 4.78 is 11.0. The van der Waals surface area contributed by atoms with Crippen molar-refractivity contribution in [1.82, 2.24) is 15.6 Å². The van der Waals surface area contributed by atoms with E-state index in [9.17, 15) is 0 Å². The summed E-state index contributed by atoms with van der Waals surface area (Å²) in [6.45, 7) is 11.0. The highest BCUT2D eigenvalue weighted by Gasteiger charge is 2.23. The normalized spacial score (nSPS) is 20.6. The minimum atomic E-state index is 0.239. The van der Waals surface area contributed by atoms with Gasteiger partial charge in [-0.05, 0) is 43.7 Å². The Morgan fingerprint density at radius 3 is 2.62 bits per heavy atom. The maximum absolute atomic E-state index is 5.59. The van der Waals surface area contributed by atoms with Crippen LogP contribution in [0.25, 0.3) is 0 Å². The molecule has 1 aliphatic heterocycles. The Morgan fingerprint density at radius 2 is 1.96 bits per heavy atom. The Bertz CT molecular complexity index is 641. The molecule has 2 aromatic heterocycles. The molecule has 24 heavy (non-hydrogen) atoms. The van der Waals surface area contributed by atoms with Crippen LogP contribution >= 0.6 is 0 Å². The summed E-state index contributed by atoms with van der Waals surface area (Å²) in [4.78, 5) is 0. The lowest BCUT2D eigenvalue weighted by molar-refractivity contribution is 0.330. The van der Waals surface area contributed by atoms with Gasteiger partial charge in [-0.1, -0.05) is 38.0 Å². The standard InChI is InChI=1S/C19H29N3O2/c1-12(2)18-10-17(23-22-18)8-14(4)19-9-16(21-24-19)7-13(3)15-5-6-20-11-15/h9-10,12-15,20H,5-8,11H2,1-4H3. The van der Waals surface area contributed by atoms with Crippen LogP contribution in [-0.4, -0.2) is 23.4 Å². The van der Waals surface area contributed by atoms with Gasteiger partial charge in [-0.3, -0.25) is 0 Å². The van der Waals surface area contributed by atoms with Gasteiger partial charge in [0.15, 0.2) is 0 Å². The molecule has 5 heteroatoms. The van der Waals surface area contributed by atoms with E-state index in [1.54, 1.807) is 0 Å². The molecule has 3 unspecified atom stereocenters. The van der Waals surface area contributed by atoms with Crippen LogP contribution in [0, 0.1) is 11.8 Å². The van der Waals surface area contributed by atoms with Crippen molar-refractivity contribution in [3.8, 4) is 0 Å². The van der Waals surface area contributed by atoms with E-state index in [1.165, 1.54) is 6.42 Å². The molecule has 0 bridgehead atoms. The van der Waals surface area contributed by atoms with Gasteiger partial charge in [0.1, 0.15) is 11.5 Å². The third-order valence-corrected chi connectivity index (χ3v) is 5.17. The molecule has 3 atom stereocenters. The summed E-state index contributed by atoms with van der Waals surface area (Å²) in [7, 11) is 0. The Hall–Kier alpha value is -1.62. The summed E-state index contributed by atoms with van der Waals surface area (Å²) >= 11 is 0. The summed E-state index contributed by atoms with van der Waals surface area (Å²) in [6, 6.07) is 4.16. The first-order valence-corrected chi connectivity index (χ1v) is 9.14. The molecule has 0 amide bonds. The van der Waals surface area contributed by atoms with Crippen molar-refractivity contribution in [3.05, 3.63) is 35.0 Å². The van der Waals surface area contributed by atoms with Crippen LogP contribution in [0.3, 0.4) is 0 Å². The van der Waals surface area contributed by atoms with Crippen molar-refractivity contribution < 1.29 is 9.05 Å². The van der Waals surface area contributed by atoms with E-state index < -0.39 is 0 Å². The van der Waals surface area contributed by atoms with E-state index in [-0.39, 0.29) is 5.92 Å². The van der Waals surface area contributed by atoms with Crippen LogP contribution in [0.1, 0.15) is 68.9 Å². The largest absolute Gasteiger partial charge is 0.361 e. The molecule has 3 heterocycles. The average molecular weight is 331 g/mol. The number of nitrogens with zero attached hydrogens (tertiary/aromatic N) is 2. The minimum absolute atomic E-state index is 0.239. The van der Waals surface area contributed by atoms with Crippen LogP contribution in [0.2, 0.25) is 0 Å². The molecule has 5 nitrogen and oxygen atoms in total. The first-order valence-electron chi connectivity index (χ1n) is 9.14. The molecule has 3 rings (SSSR count). The Balaban J connectivity index is 1.57. The molecular formula is C19H29N3O2. The predicted molar refractivity (Wildman–Crippen MR) is 93.1 cm³/mol. The maximum Gasteiger partial charge on any atom is 0.140 e. The zero-order chi connectivity index (χ0) is 17.1. The molecule has 2 aromatic rings. The highest BCUT2D eigenvalue weighted by molar-refractivity contribution is 5.15. The van der Waals surface area contributed by atoms with Crippen molar-refractivity contribution in [3.63, 3.8) is 0 Å².